The first-order valence-corrected chi connectivity index (χ1v) is 4.54. The van der Waals surface area contributed by atoms with Crippen LogP contribution in [-0.4, -0.2) is 27.3 Å². The molecular weight excluding hydrogens is 194 g/mol. The highest BCUT2D eigenvalue weighted by atomic mass is 35.5. The summed E-state index contributed by atoms with van der Waals surface area (Å²) in [7, 11) is 0. The molecule has 1 saturated carbocycles. The van der Waals surface area contributed by atoms with E-state index in [1.54, 1.807) is 0 Å². The number of aliphatic hydroxyl groups is 1. The molecule has 0 aromatic carbocycles. The Morgan fingerprint density at radius 3 is 2.10 bits per heavy atom. The van der Waals surface area contributed by atoms with Crippen LogP contribution >= 0.6 is 34.8 Å². The molecule has 0 aromatic rings. The van der Waals surface area contributed by atoms with E-state index in [1.807, 2.05) is 0 Å². The SMILES string of the molecule is OC1CCC(Cl)C(Cl)C1Cl. The average molecular weight is 203 g/mol. The lowest BCUT2D eigenvalue weighted by atomic mass is 9.96. The highest BCUT2D eigenvalue weighted by molar-refractivity contribution is 6.35. The van der Waals surface area contributed by atoms with Crippen molar-refractivity contribution < 1.29 is 5.11 Å². The molecule has 0 saturated heterocycles. The first-order chi connectivity index (χ1) is 4.63. The van der Waals surface area contributed by atoms with Crippen molar-refractivity contribution in [3.8, 4) is 0 Å². The van der Waals surface area contributed by atoms with Crippen molar-refractivity contribution in [3.05, 3.63) is 0 Å². The molecule has 4 atom stereocenters. The Morgan fingerprint density at radius 2 is 1.60 bits per heavy atom. The van der Waals surface area contributed by atoms with E-state index >= 15 is 0 Å². The van der Waals surface area contributed by atoms with Crippen molar-refractivity contribution in [2.45, 2.75) is 35.1 Å². The zero-order valence-electron chi connectivity index (χ0n) is 5.30. The number of hydrogen-bond acceptors (Lipinski definition) is 1. The van der Waals surface area contributed by atoms with Gasteiger partial charge in [-0.3, -0.25) is 0 Å². The van der Waals surface area contributed by atoms with E-state index in [0.717, 1.165) is 6.42 Å². The van der Waals surface area contributed by atoms with Gasteiger partial charge in [-0.25, -0.2) is 0 Å². The highest BCUT2D eigenvalue weighted by Gasteiger charge is 2.35. The van der Waals surface area contributed by atoms with Crippen LogP contribution in [0.3, 0.4) is 0 Å². The van der Waals surface area contributed by atoms with E-state index in [9.17, 15) is 5.11 Å². The Hall–Kier alpha value is 0.830. The molecule has 4 unspecified atom stereocenters. The minimum atomic E-state index is -0.487. The van der Waals surface area contributed by atoms with Crippen molar-refractivity contribution in [2.75, 3.05) is 0 Å². The molecule has 1 fully saturated rings. The molecule has 0 aliphatic heterocycles. The summed E-state index contributed by atoms with van der Waals surface area (Å²) in [6.07, 6.45) is 0.922. The van der Waals surface area contributed by atoms with Gasteiger partial charge in [0.1, 0.15) is 0 Å². The second-order valence-corrected chi connectivity index (χ2v) is 4.12. The van der Waals surface area contributed by atoms with Crippen LogP contribution in [0.15, 0.2) is 0 Å². The number of hydrogen-bond donors (Lipinski definition) is 1. The Morgan fingerprint density at radius 1 is 1.00 bits per heavy atom. The van der Waals surface area contributed by atoms with Crippen molar-refractivity contribution in [2.24, 2.45) is 0 Å². The molecule has 0 aromatic heterocycles. The van der Waals surface area contributed by atoms with Crippen molar-refractivity contribution >= 4 is 34.8 Å². The molecule has 0 spiro atoms. The third-order valence-electron chi connectivity index (χ3n) is 1.76. The van der Waals surface area contributed by atoms with Crippen LogP contribution in [0, 0.1) is 0 Å². The first kappa shape index (κ1) is 8.92. The van der Waals surface area contributed by atoms with Gasteiger partial charge < -0.3 is 5.11 Å². The van der Waals surface area contributed by atoms with Crippen molar-refractivity contribution in [1.29, 1.82) is 0 Å². The van der Waals surface area contributed by atoms with E-state index in [1.165, 1.54) is 0 Å². The summed E-state index contributed by atoms with van der Waals surface area (Å²) in [4.78, 5) is 0. The van der Waals surface area contributed by atoms with Gasteiger partial charge in [-0.1, -0.05) is 0 Å². The topological polar surface area (TPSA) is 20.2 Å². The van der Waals surface area contributed by atoms with Gasteiger partial charge in [0.15, 0.2) is 0 Å². The molecular formula is C6H9Cl3O. The summed E-state index contributed by atoms with van der Waals surface area (Å²) in [5.74, 6) is 0. The maximum Gasteiger partial charge on any atom is 0.0773 e. The molecule has 0 amide bonds. The van der Waals surface area contributed by atoms with Gasteiger partial charge >= 0.3 is 0 Å². The third-order valence-corrected chi connectivity index (χ3v) is 3.64. The van der Waals surface area contributed by atoms with Gasteiger partial charge in [0.05, 0.1) is 22.2 Å². The molecule has 1 aliphatic carbocycles. The van der Waals surface area contributed by atoms with Crippen LogP contribution < -0.4 is 0 Å². The molecule has 0 bridgehead atoms. The molecule has 1 aliphatic rings. The molecule has 0 heterocycles. The van der Waals surface area contributed by atoms with Gasteiger partial charge in [0.2, 0.25) is 0 Å². The lowest BCUT2D eigenvalue weighted by Crippen LogP contribution is -2.40. The van der Waals surface area contributed by atoms with Crippen LogP contribution in [0.1, 0.15) is 12.8 Å². The van der Waals surface area contributed by atoms with E-state index in [-0.39, 0.29) is 10.8 Å². The van der Waals surface area contributed by atoms with Gasteiger partial charge in [0.25, 0.3) is 0 Å². The zero-order valence-corrected chi connectivity index (χ0v) is 7.57. The van der Waals surface area contributed by atoms with Crippen molar-refractivity contribution in [3.63, 3.8) is 0 Å². The van der Waals surface area contributed by atoms with E-state index in [2.05, 4.69) is 0 Å². The lowest BCUT2D eigenvalue weighted by Gasteiger charge is -2.30. The fourth-order valence-electron chi connectivity index (χ4n) is 1.06. The molecule has 10 heavy (non-hydrogen) atoms. The second-order valence-electron chi connectivity index (χ2n) is 2.55. The molecule has 1 nitrogen and oxygen atoms in total. The van der Waals surface area contributed by atoms with Crippen LogP contribution in [0.5, 0.6) is 0 Å². The minimum absolute atomic E-state index is 0.0902. The van der Waals surface area contributed by atoms with Gasteiger partial charge in [-0.15, -0.1) is 34.8 Å². The standard InChI is InChI=1S/C6H9Cl3O/c7-3-1-2-4(10)6(9)5(3)8/h3-6,10H,1-2H2. The second kappa shape index (κ2) is 3.48. The highest BCUT2D eigenvalue weighted by Crippen LogP contribution is 2.31. The Kier molecular flexibility index (Phi) is 3.11. The summed E-state index contributed by atoms with van der Waals surface area (Å²) in [6.45, 7) is 0. The Balaban J connectivity index is 2.52. The van der Waals surface area contributed by atoms with E-state index < -0.39 is 11.5 Å². The molecule has 0 radical (unpaired) electrons. The third kappa shape index (κ3) is 1.70. The van der Waals surface area contributed by atoms with Crippen molar-refractivity contribution in [1.82, 2.24) is 0 Å². The molecule has 1 rings (SSSR count). The lowest BCUT2D eigenvalue weighted by molar-refractivity contribution is 0.137. The van der Waals surface area contributed by atoms with Gasteiger partial charge in [0, 0.05) is 0 Å². The molecule has 60 valence electrons. The fourth-order valence-corrected chi connectivity index (χ4v) is 2.01. The monoisotopic (exact) mass is 202 g/mol. The van der Waals surface area contributed by atoms with Crippen LogP contribution in [-0.2, 0) is 0 Å². The minimum Gasteiger partial charge on any atom is -0.392 e. The number of rotatable bonds is 0. The van der Waals surface area contributed by atoms with E-state index in [0.29, 0.717) is 6.42 Å². The smallest absolute Gasteiger partial charge is 0.0773 e. The van der Waals surface area contributed by atoms with Crippen LogP contribution in [0.2, 0.25) is 0 Å². The summed E-state index contributed by atoms with van der Waals surface area (Å²) in [6, 6.07) is 0. The van der Waals surface area contributed by atoms with Crippen LogP contribution in [0.4, 0.5) is 0 Å². The molecule has 4 heteroatoms. The van der Waals surface area contributed by atoms with Crippen LogP contribution in [0.25, 0.3) is 0 Å². The zero-order chi connectivity index (χ0) is 7.72. The summed E-state index contributed by atoms with van der Waals surface area (Å²) >= 11 is 17.3. The Bertz CT molecular complexity index is 106. The maximum absolute atomic E-state index is 9.19. The first-order valence-electron chi connectivity index (χ1n) is 3.23. The Labute approximate surface area is 75.3 Å². The molecule has 1 N–H and O–H groups in total. The fraction of sp³-hybridized carbons (Fsp3) is 1.00. The van der Waals surface area contributed by atoms with Gasteiger partial charge in [-0.2, -0.15) is 0 Å². The quantitative estimate of drug-likeness (QED) is 0.597. The maximum atomic E-state index is 9.19. The summed E-state index contributed by atoms with van der Waals surface area (Å²) < 4.78 is 0. The largest absolute Gasteiger partial charge is 0.392 e. The summed E-state index contributed by atoms with van der Waals surface area (Å²) in [5.41, 5.74) is 0. The predicted molar refractivity (Wildman–Crippen MR) is 44.2 cm³/mol. The normalized spacial score (nSPS) is 49.2. The average Bonchev–Trinajstić information content (AvgIpc) is 1.93. The number of aliphatic hydroxyl groups excluding tert-OH is 1. The van der Waals surface area contributed by atoms with E-state index in [4.69, 9.17) is 34.8 Å². The van der Waals surface area contributed by atoms with Gasteiger partial charge in [-0.05, 0) is 12.8 Å². The number of halogens is 3. The predicted octanol–water partition coefficient (Wildman–Crippen LogP) is 1.96. The number of alkyl halides is 3. The summed E-state index contributed by atoms with van der Waals surface area (Å²) in [5, 5.41) is 8.41.